The van der Waals surface area contributed by atoms with Crippen LogP contribution in [-0.2, 0) is 9.59 Å². The van der Waals surface area contributed by atoms with Gasteiger partial charge in [-0.05, 0) is 67.4 Å². The number of nitrogens with zero attached hydrogens (tertiary/aromatic N) is 3. The number of carbonyl (C=O) groups is 2. The Hall–Kier alpha value is -4.72. The summed E-state index contributed by atoms with van der Waals surface area (Å²) in [5.74, 6) is -0.895. The van der Waals surface area contributed by atoms with Gasteiger partial charge in [0.15, 0.2) is 0 Å². The van der Waals surface area contributed by atoms with Gasteiger partial charge in [-0.1, -0.05) is 37.3 Å². The molecule has 0 fully saturated rings. The van der Waals surface area contributed by atoms with E-state index in [1.165, 1.54) is 6.21 Å². The van der Waals surface area contributed by atoms with Gasteiger partial charge in [-0.3, -0.25) is 9.59 Å². The molecule has 0 saturated carbocycles. The highest BCUT2D eigenvalue weighted by atomic mass is 16.5. The number of aromatic nitrogens is 2. The molecule has 0 aliphatic heterocycles. The minimum Gasteiger partial charge on any atom is -0.494 e. The minimum absolute atomic E-state index is 0.539. The monoisotopic (exact) mass is 481 g/mol. The Morgan fingerprint density at radius 1 is 1.00 bits per heavy atom. The average Bonchev–Trinajstić information content (AvgIpc) is 3.32. The Kier molecular flexibility index (Phi) is 7.87. The van der Waals surface area contributed by atoms with E-state index in [0.717, 1.165) is 29.0 Å². The van der Waals surface area contributed by atoms with Gasteiger partial charge in [-0.25, -0.2) is 10.1 Å². The molecule has 0 atom stereocenters. The largest absolute Gasteiger partial charge is 0.494 e. The summed E-state index contributed by atoms with van der Waals surface area (Å²) in [5, 5.41) is 11.3. The maximum Gasteiger partial charge on any atom is 0.329 e. The number of para-hydroxylation sites is 1. The predicted molar refractivity (Wildman–Crippen MR) is 140 cm³/mol. The molecule has 0 unspecified atom stereocenters. The number of ether oxygens (including phenoxy) is 1. The highest BCUT2D eigenvalue weighted by molar-refractivity contribution is 6.39. The molecular formula is C28H27N5O3. The van der Waals surface area contributed by atoms with E-state index in [9.17, 15) is 9.59 Å². The number of anilines is 1. The fourth-order valence-electron chi connectivity index (χ4n) is 3.47. The smallest absolute Gasteiger partial charge is 0.329 e. The molecule has 2 N–H and O–H groups in total. The quantitative estimate of drug-likeness (QED) is 0.216. The molecule has 4 aromatic rings. The van der Waals surface area contributed by atoms with Crippen LogP contribution < -0.4 is 15.5 Å². The van der Waals surface area contributed by atoms with Crippen molar-refractivity contribution in [2.45, 2.75) is 20.3 Å². The Morgan fingerprint density at radius 2 is 1.78 bits per heavy atom. The zero-order valence-corrected chi connectivity index (χ0v) is 20.1. The standard InChI is InChI=1S/C28H27N5O3/c1-3-16-36-25-14-12-21(13-15-25)26-22(19-33(32-26)24-10-5-4-6-11-24)18-29-31-28(35)27(34)30-23-9-7-8-20(2)17-23/h4-15,17-19H,3,16H2,1-2H3,(H,30,34)(H,31,35)/b29-18+. The topological polar surface area (TPSA) is 97.6 Å². The molecule has 0 spiro atoms. The Bertz CT molecular complexity index is 1360. The van der Waals surface area contributed by atoms with Crippen LogP contribution in [-0.4, -0.2) is 34.4 Å². The zero-order chi connectivity index (χ0) is 25.3. The van der Waals surface area contributed by atoms with Crippen LogP contribution in [0, 0.1) is 6.92 Å². The van der Waals surface area contributed by atoms with Gasteiger partial charge >= 0.3 is 11.8 Å². The first-order valence-corrected chi connectivity index (χ1v) is 11.6. The number of hydrogen-bond acceptors (Lipinski definition) is 5. The van der Waals surface area contributed by atoms with Crippen LogP contribution >= 0.6 is 0 Å². The van der Waals surface area contributed by atoms with Gasteiger partial charge < -0.3 is 10.1 Å². The number of rotatable bonds is 8. The minimum atomic E-state index is -0.873. The molecule has 1 aromatic heterocycles. The molecule has 3 aromatic carbocycles. The third kappa shape index (κ3) is 6.24. The summed E-state index contributed by atoms with van der Waals surface area (Å²) in [7, 11) is 0. The van der Waals surface area contributed by atoms with Gasteiger partial charge in [0.05, 0.1) is 18.5 Å². The van der Waals surface area contributed by atoms with Gasteiger partial charge in [0.1, 0.15) is 11.4 Å². The summed E-state index contributed by atoms with van der Waals surface area (Å²) in [5.41, 5.74) is 6.87. The van der Waals surface area contributed by atoms with Crippen LogP contribution in [0.4, 0.5) is 5.69 Å². The molecule has 0 saturated heterocycles. The van der Waals surface area contributed by atoms with E-state index in [-0.39, 0.29) is 0 Å². The van der Waals surface area contributed by atoms with Crippen molar-refractivity contribution in [1.29, 1.82) is 0 Å². The Morgan fingerprint density at radius 3 is 2.50 bits per heavy atom. The first-order valence-electron chi connectivity index (χ1n) is 11.6. The second kappa shape index (κ2) is 11.6. The molecule has 4 rings (SSSR count). The zero-order valence-electron chi connectivity index (χ0n) is 20.1. The summed E-state index contributed by atoms with van der Waals surface area (Å²) in [4.78, 5) is 24.5. The van der Waals surface area contributed by atoms with Crippen molar-refractivity contribution in [1.82, 2.24) is 15.2 Å². The van der Waals surface area contributed by atoms with E-state index in [2.05, 4.69) is 22.8 Å². The third-order valence-electron chi connectivity index (χ3n) is 5.22. The van der Waals surface area contributed by atoms with E-state index in [4.69, 9.17) is 9.84 Å². The van der Waals surface area contributed by atoms with E-state index >= 15 is 0 Å². The maximum atomic E-state index is 12.3. The van der Waals surface area contributed by atoms with Crippen LogP contribution in [0.15, 0.2) is 90.2 Å². The van der Waals surface area contributed by atoms with Crippen molar-refractivity contribution < 1.29 is 14.3 Å². The molecule has 36 heavy (non-hydrogen) atoms. The predicted octanol–water partition coefficient (Wildman–Crippen LogP) is 4.73. The Balaban J connectivity index is 1.53. The van der Waals surface area contributed by atoms with Crippen molar-refractivity contribution in [3.8, 4) is 22.7 Å². The van der Waals surface area contributed by atoms with Crippen molar-refractivity contribution in [3.05, 3.63) is 96.2 Å². The number of carbonyl (C=O) groups excluding carboxylic acids is 2. The fourth-order valence-corrected chi connectivity index (χ4v) is 3.47. The molecular weight excluding hydrogens is 454 g/mol. The number of hydrazone groups is 1. The van der Waals surface area contributed by atoms with Gasteiger partial charge in [0.25, 0.3) is 0 Å². The molecule has 2 amide bonds. The second-order valence-corrected chi connectivity index (χ2v) is 8.11. The maximum absolute atomic E-state index is 12.3. The van der Waals surface area contributed by atoms with Gasteiger partial charge in [-0.15, -0.1) is 0 Å². The number of nitrogens with one attached hydrogen (secondary N) is 2. The highest BCUT2D eigenvalue weighted by Gasteiger charge is 2.14. The van der Waals surface area contributed by atoms with Crippen LogP contribution in [0.3, 0.4) is 0 Å². The number of hydrogen-bond donors (Lipinski definition) is 2. The first kappa shape index (κ1) is 24.4. The van der Waals surface area contributed by atoms with Gasteiger partial charge in [0.2, 0.25) is 0 Å². The lowest BCUT2D eigenvalue weighted by Crippen LogP contribution is -2.32. The van der Waals surface area contributed by atoms with Gasteiger partial charge in [0, 0.05) is 23.0 Å². The lowest BCUT2D eigenvalue weighted by atomic mass is 10.1. The average molecular weight is 482 g/mol. The first-order chi connectivity index (χ1) is 17.5. The molecule has 0 bridgehead atoms. The molecule has 182 valence electrons. The highest BCUT2D eigenvalue weighted by Crippen LogP contribution is 2.25. The lowest BCUT2D eigenvalue weighted by molar-refractivity contribution is -0.136. The summed E-state index contributed by atoms with van der Waals surface area (Å²) in [6, 6.07) is 24.5. The molecule has 1 heterocycles. The van der Waals surface area contributed by atoms with Crippen LogP contribution in [0.1, 0.15) is 24.5 Å². The molecule has 0 aliphatic rings. The van der Waals surface area contributed by atoms with Crippen LogP contribution in [0.5, 0.6) is 5.75 Å². The molecule has 0 aliphatic carbocycles. The van der Waals surface area contributed by atoms with E-state index in [1.807, 2.05) is 73.8 Å². The number of aryl methyl sites for hydroxylation is 1. The second-order valence-electron chi connectivity index (χ2n) is 8.11. The van der Waals surface area contributed by atoms with Crippen LogP contribution in [0.25, 0.3) is 16.9 Å². The number of benzene rings is 3. The molecule has 8 heteroatoms. The van der Waals surface area contributed by atoms with Crippen molar-refractivity contribution >= 4 is 23.7 Å². The lowest BCUT2D eigenvalue weighted by Gasteiger charge is -2.05. The SMILES string of the molecule is CCCOc1ccc(-c2nn(-c3ccccc3)cc2/C=N/NC(=O)C(=O)Nc2cccc(C)c2)cc1. The van der Waals surface area contributed by atoms with Crippen molar-refractivity contribution in [2.75, 3.05) is 11.9 Å². The third-order valence-corrected chi connectivity index (χ3v) is 5.22. The van der Waals surface area contributed by atoms with Crippen molar-refractivity contribution in [2.24, 2.45) is 5.10 Å². The summed E-state index contributed by atoms with van der Waals surface area (Å²) in [6.07, 6.45) is 4.22. The van der Waals surface area contributed by atoms with Crippen molar-refractivity contribution in [3.63, 3.8) is 0 Å². The molecule has 0 radical (unpaired) electrons. The Labute approximate surface area is 209 Å². The molecule has 8 nitrogen and oxygen atoms in total. The van der Waals surface area contributed by atoms with E-state index < -0.39 is 11.8 Å². The number of amides is 2. The normalized spacial score (nSPS) is 10.8. The van der Waals surface area contributed by atoms with Gasteiger partial charge in [-0.2, -0.15) is 10.2 Å². The summed E-state index contributed by atoms with van der Waals surface area (Å²) >= 11 is 0. The summed E-state index contributed by atoms with van der Waals surface area (Å²) in [6.45, 7) is 4.61. The summed E-state index contributed by atoms with van der Waals surface area (Å²) < 4.78 is 7.42. The fraction of sp³-hybridized carbons (Fsp3) is 0.143. The van der Waals surface area contributed by atoms with E-state index in [1.54, 1.807) is 22.9 Å². The van der Waals surface area contributed by atoms with Crippen LogP contribution in [0.2, 0.25) is 0 Å². The van der Waals surface area contributed by atoms with E-state index in [0.29, 0.717) is 23.6 Å².